The van der Waals surface area contributed by atoms with E-state index in [9.17, 15) is 0 Å². The molecule has 2 aromatic heterocycles. The summed E-state index contributed by atoms with van der Waals surface area (Å²) < 4.78 is 12.6. The Hall–Kier alpha value is -3.19. The molecule has 0 bridgehead atoms. The van der Waals surface area contributed by atoms with Gasteiger partial charge in [0.05, 0.1) is 7.11 Å². The summed E-state index contributed by atoms with van der Waals surface area (Å²) in [6, 6.07) is 17.5. The van der Waals surface area contributed by atoms with Gasteiger partial charge in [0, 0.05) is 0 Å². The minimum atomic E-state index is 0.316. The Morgan fingerprint density at radius 3 is 2.54 bits per heavy atom. The molecular weight excluding hydrogens is 348 g/mol. The van der Waals surface area contributed by atoms with Crippen molar-refractivity contribution in [2.45, 2.75) is 6.61 Å². The summed E-state index contributed by atoms with van der Waals surface area (Å²) in [4.78, 5) is 0.742. The fourth-order valence-corrected chi connectivity index (χ4v) is 3.14. The monoisotopic (exact) mass is 364 g/mol. The van der Waals surface area contributed by atoms with Crippen molar-refractivity contribution in [2.24, 2.45) is 0 Å². The van der Waals surface area contributed by atoms with E-state index in [1.807, 2.05) is 66.7 Å². The van der Waals surface area contributed by atoms with E-state index in [4.69, 9.17) is 9.47 Å². The van der Waals surface area contributed by atoms with E-state index < -0.39 is 0 Å². The Bertz CT molecular complexity index is 1020. The van der Waals surface area contributed by atoms with Gasteiger partial charge in [0.1, 0.15) is 23.1 Å². The molecule has 6 nitrogen and oxygen atoms in total. The van der Waals surface area contributed by atoms with Crippen LogP contribution >= 0.6 is 11.3 Å². The van der Waals surface area contributed by atoms with Gasteiger partial charge in [-0.25, -0.2) is 0 Å². The number of aromatic nitrogens is 4. The average molecular weight is 364 g/mol. The number of fused-ring (bicyclic) bond motifs is 1. The van der Waals surface area contributed by atoms with E-state index in [2.05, 4.69) is 15.3 Å². The van der Waals surface area contributed by atoms with Crippen LogP contribution in [0.15, 0.2) is 54.6 Å². The molecule has 0 saturated heterocycles. The molecule has 0 amide bonds. The molecule has 0 saturated carbocycles. The Morgan fingerprint density at radius 2 is 1.77 bits per heavy atom. The van der Waals surface area contributed by atoms with Crippen LogP contribution in [0.2, 0.25) is 0 Å². The van der Waals surface area contributed by atoms with Crippen LogP contribution in [0.5, 0.6) is 11.5 Å². The van der Waals surface area contributed by atoms with Gasteiger partial charge in [-0.2, -0.15) is 9.61 Å². The largest absolute Gasteiger partial charge is 0.497 e. The normalized spacial score (nSPS) is 11.3. The van der Waals surface area contributed by atoms with E-state index in [1.165, 1.54) is 11.3 Å². The lowest BCUT2D eigenvalue weighted by Gasteiger charge is -2.02. The van der Waals surface area contributed by atoms with Crippen molar-refractivity contribution in [3.05, 3.63) is 71.0 Å². The number of para-hydroxylation sites is 1. The highest BCUT2D eigenvalue weighted by atomic mass is 32.1. The topological polar surface area (TPSA) is 61.5 Å². The summed E-state index contributed by atoms with van der Waals surface area (Å²) in [6.45, 7) is 0.316. The highest BCUT2D eigenvalue weighted by molar-refractivity contribution is 7.17. The fourth-order valence-electron chi connectivity index (χ4n) is 2.38. The summed E-state index contributed by atoms with van der Waals surface area (Å²) in [7, 11) is 1.66. The standard InChI is InChI=1S/C19H16N4O2S/c1-24-15-10-7-14(8-11-15)9-12-18-22-23-17(20-21-19(23)26-18)13-25-16-5-3-2-4-6-16/h2-12H,13H2,1H3/b12-9+. The highest BCUT2D eigenvalue weighted by Crippen LogP contribution is 2.19. The average Bonchev–Trinajstić information content (AvgIpc) is 3.26. The highest BCUT2D eigenvalue weighted by Gasteiger charge is 2.11. The molecule has 4 rings (SSSR count). The number of rotatable bonds is 6. The number of hydrogen-bond acceptors (Lipinski definition) is 6. The maximum Gasteiger partial charge on any atom is 0.235 e. The number of hydrogen-bond donors (Lipinski definition) is 0. The minimum Gasteiger partial charge on any atom is -0.497 e. The number of methoxy groups -OCH3 is 1. The van der Waals surface area contributed by atoms with E-state index in [1.54, 1.807) is 11.6 Å². The number of nitrogens with zero attached hydrogens (tertiary/aromatic N) is 4. The van der Waals surface area contributed by atoms with Crippen LogP contribution in [0, 0.1) is 0 Å². The lowest BCUT2D eigenvalue weighted by Crippen LogP contribution is -2.02. The maximum atomic E-state index is 5.73. The lowest BCUT2D eigenvalue weighted by atomic mass is 10.2. The molecule has 0 aliphatic carbocycles. The molecule has 0 aliphatic heterocycles. The Kier molecular flexibility index (Phi) is 4.61. The Balaban J connectivity index is 1.49. The Morgan fingerprint density at radius 1 is 0.962 bits per heavy atom. The van der Waals surface area contributed by atoms with Crippen molar-refractivity contribution in [3.8, 4) is 11.5 Å². The predicted molar refractivity (Wildman–Crippen MR) is 101 cm³/mol. The van der Waals surface area contributed by atoms with Crippen molar-refractivity contribution in [1.82, 2.24) is 19.8 Å². The van der Waals surface area contributed by atoms with Gasteiger partial charge < -0.3 is 9.47 Å². The molecule has 0 fully saturated rings. The first-order chi connectivity index (χ1) is 12.8. The molecule has 2 aromatic carbocycles. The zero-order valence-electron chi connectivity index (χ0n) is 14.1. The predicted octanol–water partition coefficient (Wildman–Crippen LogP) is 3.94. The maximum absolute atomic E-state index is 5.73. The van der Waals surface area contributed by atoms with Gasteiger partial charge >= 0.3 is 0 Å². The zero-order chi connectivity index (χ0) is 17.8. The smallest absolute Gasteiger partial charge is 0.235 e. The first-order valence-electron chi connectivity index (χ1n) is 8.03. The molecule has 2 heterocycles. The first kappa shape index (κ1) is 16.3. The molecule has 26 heavy (non-hydrogen) atoms. The van der Waals surface area contributed by atoms with Crippen molar-refractivity contribution in [2.75, 3.05) is 7.11 Å². The molecule has 0 unspecified atom stereocenters. The van der Waals surface area contributed by atoms with Gasteiger partial charge in [-0.3, -0.25) is 0 Å². The van der Waals surface area contributed by atoms with Crippen molar-refractivity contribution >= 4 is 28.4 Å². The van der Waals surface area contributed by atoms with Crippen molar-refractivity contribution < 1.29 is 9.47 Å². The molecule has 7 heteroatoms. The van der Waals surface area contributed by atoms with Crippen molar-refractivity contribution in [3.63, 3.8) is 0 Å². The van der Waals surface area contributed by atoms with Crippen molar-refractivity contribution in [1.29, 1.82) is 0 Å². The fraction of sp³-hybridized carbons (Fsp3) is 0.105. The van der Waals surface area contributed by atoms with E-state index in [-0.39, 0.29) is 0 Å². The molecule has 0 atom stereocenters. The van der Waals surface area contributed by atoms with E-state index in [0.29, 0.717) is 12.4 Å². The second-order valence-electron chi connectivity index (χ2n) is 5.46. The lowest BCUT2D eigenvalue weighted by molar-refractivity contribution is 0.292. The summed E-state index contributed by atoms with van der Waals surface area (Å²) >= 11 is 1.48. The Labute approximate surface area is 154 Å². The summed E-state index contributed by atoms with van der Waals surface area (Å²) in [6.07, 6.45) is 3.97. The van der Waals surface area contributed by atoms with Gasteiger partial charge in [-0.1, -0.05) is 47.7 Å². The van der Waals surface area contributed by atoms with Gasteiger partial charge in [0.2, 0.25) is 4.96 Å². The van der Waals surface area contributed by atoms with Crippen LogP contribution in [0.4, 0.5) is 0 Å². The van der Waals surface area contributed by atoms with E-state index >= 15 is 0 Å². The van der Waals surface area contributed by atoms with E-state index in [0.717, 1.165) is 27.0 Å². The van der Waals surface area contributed by atoms with Gasteiger partial charge in [0.25, 0.3) is 0 Å². The summed E-state index contributed by atoms with van der Waals surface area (Å²) in [5.41, 5.74) is 1.07. The molecule has 0 radical (unpaired) electrons. The second kappa shape index (κ2) is 7.37. The zero-order valence-corrected chi connectivity index (χ0v) is 14.9. The van der Waals surface area contributed by atoms with Crippen LogP contribution < -0.4 is 9.47 Å². The molecular formula is C19H16N4O2S. The third-order valence-electron chi connectivity index (χ3n) is 3.72. The van der Waals surface area contributed by atoms with Gasteiger partial charge in [0.15, 0.2) is 5.82 Å². The van der Waals surface area contributed by atoms with Crippen LogP contribution in [0.25, 0.3) is 17.1 Å². The molecule has 0 aliphatic rings. The van der Waals surface area contributed by atoms with Gasteiger partial charge in [-0.05, 0) is 35.9 Å². The van der Waals surface area contributed by atoms with Crippen LogP contribution in [0.1, 0.15) is 16.4 Å². The first-order valence-corrected chi connectivity index (χ1v) is 8.84. The SMILES string of the molecule is COc1ccc(/C=C/c2nn3c(COc4ccccc4)nnc3s2)cc1. The second-order valence-corrected chi connectivity index (χ2v) is 6.45. The molecule has 0 spiro atoms. The van der Waals surface area contributed by atoms with Gasteiger partial charge in [-0.15, -0.1) is 10.2 Å². The summed E-state index contributed by atoms with van der Waals surface area (Å²) in [5.74, 6) is 2.30. The van der Waals surface area contributed by atoms with Crippen LogP contribution in [-0.2, 0) is 6.61 Å². The molecule has 0 N–H and O–H groups in total. The summed E-state index contributed by atoms with van der Waals surface area (Å²) in [5, 5.41) is 13.7. The molecule has 4 aromatic rings. The number of ether oxygens (including phenoxy) is 2. The quantitative estimate of drug-likeness (QED) is 0.518. The third kappa shape index (κ3) is 3.57. The minimum absolute atomic E-state index is 0.316. The van der Waals surface area contributed by atoms with Crippen LogP contribution in [-0.4, -0.2) is 26.9 Å². The van der Waals surface area contributed by atoms with Crippen LogP contribution in [0.3, 0.4) is 0 Å². The molecule has 130 valence electrons. The third-order valence-corrected chi connectivity index (χ3v) is 4.58. The number of benzene rings is 2.